The maximum absolute atomic E-state index is 11.9. The van der Waals surface area contributed by atoms with E-state index in [0.717, 1.165) is 25.4 Å². The Bertz CT molecular complexity index is 336. The maximum Gasteiger partial charge on any atom is 0.211 e. The van der Waals surface area contributed by atoms with Gasteiger partial charge >= 0.3 is 0 Å². The predicted molar refractivity (Wildman–Crippen MR) is 85.3 cm³/mol. The van der Waals surface area contributed by atoms with Crippen LogP contribution >= 0.6 is 0 Å². The van der Waals surface area contributed by atoms with Crippen LogP contribution in [0.15, 0.2) is 0 Å². The van der Waals surface area contributed by atoms with E-state index in [9.17, 15) is 8.42 Å². The molecule has 0 aliphatic heterocycles. The van der Waals surface area contributed by atoms with Crippen LogP contribution in [-0.4, -0.2) is 33.8 Å². The fourth-order valence-electron chi connectivity index (χ4n) is 2.85. The minimum atomic E-state index is -3.08. The van der Waals surface area contributed by atoms with E-state index in [0.29, 0.717) is 18.9 Å². The van der Waals surface area contributed by atoms with Gasteiger partial charge in [-0.1, -0.05) is 33.1 Å². The largest absolute Gasteiger partial charge is 0.317 e. The van der Waals surface area contributed by atoms with E-state index in [1.165, 1.54) is 32.1 Å². The van der Waals surface area contributed by atoms with Crippen LogP contribution in [0.25, 0.3) is 0 Å². The van der Waals surface area contributed by atoms with Crippen molar-refractivity contribution in [3.8, 4) is 0 Å². The van der Waals surface area contributed by atoms with Crippen LogP contribution in [0.2, 0.25) is 0 Å². The Labute approximate surface area is 125 Å². The summed E-state index contributed by atoms with van der Waals surface area (Å²) in [6.07, 6.45) is 7.94. The Balaban J connectivity index is 2.13. The molecule has 1 fully saturated rings. The summed E-state index contributed by atoms with van der Waals surface area (Å²) >= 11 is 0. The number of hydrogen-bond donors (Lipinski definition) is 2. The molecular formula is C15H32N2O2S. The van der Waals surface area contributed by atoms with E-state index >= 15 is 0 Å². The van der Waals surface area contributed by atoms with Gasteiger partial charge in [-0.2, -0.15) is 0 Å². The molecule has 120 valence electrons. The first-order valence-electron chi connectivity index (χ1n) is 8.25. The molecule has 0 amide bonds. The molecule has 0 saturated heterocycles. The van der Waals surface area contributed by atoms with Crippen LogP contribution in [0.1, 0.15) is 58.8 Å². The van der Waals surface area contributed by atoms with Gasteiger partial charge in [0.25, 0.3) is 0 Å². The average Bonchev–Trinajstić information content (AvgIpc) is 2.45. The Kier molecular flexibility index (Phi) is 8.73. The van der Waals surface area contributed by atoms with Crippen molar-refractivity contribution in [2.24, 2.45) is 11.8 Å². The summed E-state index contributed by atoms with van der Waals surface area (Å²) in [5.41, 5.74) is 0. The van der Waals surface area contributed by atoms with Gasteiger partial charge in [0.2, 0.25) is 10.0 Å². The van der Waals surface area contributed by atoms with E-state index < -0.39 is 10.0 Å². The molecule has 1 saturated carbocycles. The predicted octanol–water partition coefficient (Wildman–Crippen LogP) is 2.51. The third-order valence-electron chi connectivity index (χ3n) is 4.33. The Morgan fingerprint density at radius 2 is 1.65 bits per heavy atom. The fraction of sp³-hybridized carbons (Fsp3) is 1.00. The lowest BCUT2D eigenvalue weighted by Gasteiger charge is -2.27. The van der Waals surface area contributed by atoms with Crippen molar-refractivity contribution in [1.29, 1.82) is 0 Å². The van der Waals surface area contributed by atoms with Crippen LogP contribution < -0.4 is 10.0 Å². The molecular weight excluding hydrogens is 272 g/mol. The quantitative estimate of drug-likeness (QED) is 0.610. The summed E-state index contributed by atoms with van der Waals surface area (Å²) in [6.45, 7) is 6.75. The molecule has 0 aromatic heterocycles. The molecule has 5 heteroatoms. The Morgan fingerprint density at radius 1 is 1.00 bits per heavy atom. The van der Waals surface area contributed by atoms with Crippen LogP contribution in [0.4, 0.5) is 0 Å². The summed E-state index contributed by atoms with van der Waals surface area (Å²) in [4.78, 5) is 0. The maximum atomic E-state index is 11.9. The zero-order valence-corrected chi connectivity index (χ0v) is 14.0. The van der Waals surface area contributed by atoms with Gasteiger partial charge in [0, 0.05) is 6.54 Å². The molecule has 4 nitrogen and oxygen atoms in total. The summed E-state index contributed by atoms with van der Waals surface area (Å²) < 4.78 is 26.6. The molecule has 0 aromatic carbocycles. The molecule has 0 spiro atoms. The smallest absolute Gasteiger partial charge is 0.211 e. The highest BCUT2D eigenvalue weighted by Gasteiger charge is 2.21. The van der Waals surface area contributed by atoms with Crippen LogP contribution in [-0.2, 0) is 10.0 Å². The zero-order chi connectivity index (χ0) is 14.8. The van der Waals surface area contributed by atoms with Crippen molar-refractivity contribution < 1.29 is 8.42 Å². The second-order valence-electron chi connectivity index (χ2n) is 6.07. The normalized spacial score (nSPS) is 23.9. The number of rotatable bonds is 10. The Hall–Kier alpha value is -0.130. The van der Waals surface area contributed by atoms with Crippen molar-refractivity contribution >= 4 is 10.0 Å². The first-order chi connectivity index (χ1) is 9.57. The van der Waals surface area contributed by atoms with Gasteiger partial charge in [-0.25, -0.2) is 13.1 Å². The molecule has 1 aliphatic rings. The monoisotopic (exact) mass is 304 g/mol. The SMILES string of the molecule is CCCNCCCS(=O)(=O)NCC1CCC(CC)CC1. The van der Waals surface area contributed by atoms with E-state index in [1.54, 1.807) is 0 Å². The zero-order valence-electron chi connectivity index (χ0n) is 13.2. The lowest BCUT2D eigenvalue weighted by molar-refractivity contribution is 0.270. The highest BCUT2D eigenvalue weighted by Crippen LogP contribution is 2.30. The summed E-state index contributed by atoms with van der Waals surface area (Å²) in [5, 5.41) is 3.23. The molecule has 0 unspecified atom stereocenters. The summed E-state index contributed by atoms with van der Waals surface area (Å²) in [7, 11) is -3.08. The molecule has 20 heavy (non-hydrogen) atoms. The summed E-state index contributed by atoms with van der Waals surface area (Å²) in [5.74, 6) is 1.66. The second kappa shape index (κ2) is 9.74. The average molecular weight is 305 g/mol. The molecule has 0 bridgehead atoms. The van der Waals surface area contributed by atoms with Gasteiger partial charge in [0.05, 0.1) is 5.75 Å². The molecule has 2 N–H and O–H groups in total. The molecule has 0 atom stereocenters. The van der Waals surface area contributed by atoms with E-state index in [1.807, 2.05) is 0 Å². The molecule has 1 rings (SSSR count). The molecule has 0 radical (unpaired) electrons. The van der Waals surface area contributed by atoms with Gasteiger partial charge in [-0.3, -0.25) is 0 Å². The minimum absolute atomic E-state index is 0.244. The van der Waals surface area contributed by atoms with Crippen LogP contribution in [0.3, 0.4) is 0 Å². The van der Waals surface area contributed by atoms with E-state index in [-0.39, 0.29) is 5.75 Å². The number of sulfonamides is 1. The lowest BCUT2D eigenvalue weighted by atomic mass is 9.81. The van der Waals surface area contributed by atoms with Crippen molar-refractivity contribution in [3.05, 3.63) is 0 Å². The molecule has 0 heterocycles. The number of nitrogens with one attached hydrogen (secondary N) is 2. The van der Waals surface area contributed by atoms with Crippen LogP contribution in [0, 0.1) is 11.8 Å². The molecule has 0 aromatic rings. The van der Waals surface area contributed by atoms with Crippen molar-refractivity contribution in [1.82, 2.24) is 10.0 Å². The first-order valence-corrected chi connectivity index (χ1v) is 9.90. The third-order valence-corrected chi connectivity index (χ3v) is 5.76. The van der Waals surface area contributed by atoms with Crippen molar-refractivity contribution in [2.75, 3.05) is 25.4 Å². The first kappa shape index (κ1) is 17.9. The minimum Gasteiger partial charge on any atom is -0.317 e. The van der Waals surface area contributed by atoms with Gasteiger partial charge in [0.15, 0.2) is 0 Å². The number of hydrogen-bond acceptors (Lipinski definition) is 3. The second-order valence-corrected chi connectivity index (χ2v) is 7.99. The molecule has 1 aliphatic carbocycles. The van der Waals surface area contributed by atoms with Crippen molar-refractivity contribution in [3.63, 3.8) is 0 Å². The standard InChI is InChI=1S/C15H32N2O2S/c1-3-10-16-11-5-12-20(18,19)17-13-15-8-6-14(4-2)7-9-15/h14-17H,3-13H2,1-2H3. The van der Waals surface area contributed by atoms with E-state index in [4.69, 9.17) is 0 Å². The fourth-order valence-corrected chi connectivity index (χ4v) is 4.01. The lowest BCUT2D eigenvalue weighted by Crippen LogP contribution is -2.33. The van der Waals surface area contributed by atoms with Gasteiger partial charge in [0.1, 0.15) is 0 Å². The summed E-state index contributed by atoms with van der Waals surface area (Å²) in [6, 6.07) is 0. The van der Waals surface area contributed by atoms with Crippen LogP contribution in [0.5, 0.6) is 0 Å². The van der Waals surface area contributed by atoms with Crippen molar-refractivity contribution in [2.45, 2.75) is 58.8 Å². The van der Waals surface area contributed by atoms with Gasteiger partial charge < -0.3 is 5.32 Å². The highest BCUT2D eigenvalue weighted by atomic mass is 32.2. The van der Waals surface area contributed by atoms with Gasteiger partial charge in [-0.15, -0.1) is 0 Å². The Morgan fingerprint density at radius 3 is 2.25 bits per heavy atom. The van der Waals surface area contributed by atoms with E-state index in [2.05, 4.69) is 23.9 Å². The third kappa shape index (κ3) is 7.60. The topological polar surface area (TPSA) is 58.2 Å². The van der Waals surface area contributed by atoms with Gasteiger partial charge in [-0.05, 0) is 50.6 Å². The highest BCUT2D eigenvalue weighted by molar-refractivity contribution is 7.89.